The number of aryl methyl sites for hydroxylation is 2. The molecule has 1 rings (SSSR count). The second-order valence-electron chi connectivity index (χ2n) is 5.88. The normalized spacial score (nSPS) is 11.6. The molecule has 0 fully saturated rings. The predicted molar refractivity (Wildman–Crippen MR) is 80.0 cm³/mol. The molecule has 0 aliphatic rings. The third-order valence-corrected chi connectivity index (χ3v) is 2.88. The first-order valence-electron chi connectivity index (χ1n) is 6.91. The lowest BCUT2D eigenvalue weighted by Gasteiger charge is -2.20. The van der Waals surface area contributed by atoms with Crippen molar-refractivity contribution in [1.29, 1.82) is 0 Å². The summed E-state index contributed by atoms with van der Waals surface area (Å²) in [4.78, 5) is 0. The van der Waals surface area contributed by atoms with Gasteiger partial charge in [0.1, 0.15) is 12.4 Å². The Kier molecular flexibility index (Phi) is 6.32. The minimum absolute atomic E-state index is 0.152. The Morgan fingerprint density at radius 2 is 1.74 bits per heavy atom. The largest absolute Gasteiger partial charge is 0.491 e. The van der Waals surface area contributed by atoms with Crippen LogP contribution >= 0.6 is 0 Å². The monoisotopic (exact) mass is 265 g/mol. The van der Waals surface area contributed by atoms with Crippen molar-refractivity contribution < 1.29 is 9.47 Å². The van der Waals surface area contributed by atoms with Crippen molar-refractivity contribution in [1.82, 2.24) is 5.32 Å². The van der Waals surface area contributed by atoms with E-state index in [1.807, 2.05) is 6.07 Å². The van der Waals surface area contributed by atoms with Crippen LogP contribution in [0.15, 0.2) is 18.2 Å². The molecule has 0 amide bonds. The summed E-state index contributed by atoms with van der Waals surface area (Å²) in [5.74, 6) is 0.916. The van der Waals surface area contributed by atoms with Gasteiger partial charge in [-0.25, -0.2) is 0 Å². The molecule has 108 valence electrons. The molecule has 0 heterocycles. The third kappa shape index (κ3) is 7.19. The van der Waals surface area contributed by atoms with Crippen LogP contribution in [-0.2, 0) is 4.74 Å². The quantitative estimate of drug-likeness (QED) is 0.769. The van der Waals surface area contributed by atoms with E-state index in [1.54, 1.807) is 0 Å². The molecule has 0 saturated heterocycles. The van der Waals surface area contributed by atoms with Gasteiger partial charge in [-0.3, -0.25) is 0 Å². The lowest BCUT2D eigenvalue weighted by Crippen LogP contribution is -2.38. The maximum atomic E-state index is 5.64. The fraction of sp³-hybridized carbons (Fsp3) is 0.625. The number of nitrogens with one attached hydrogen (secondary N) is 1. The van der Waals surface area contributed by atoms with E-state index in [1.165, 1.54) is 11.1 Å². The van der Waals surface area contributed by atoms with Crippen LogP contribution in [0, 0.1) is 13.8 Å². The molecular formula is C16H27NO2. The van der Waals surface area contributed by atoms with Gasteiger partial charge in [0.15, 0.2) is 0 Å². The summed E-state index contributed by atoms with van der Waals surface area (Å²) in [6.45, 7) is 13.4. The average Bonchev–Trinajstić information content (AvgIpc) is 2.31. The number of hydrogen-bond donors (Lipinski definition) is 1. The topological polar surface area (TPSA) is 30.5 Å². The number of benzene rings is 1. The lowest BCUT2D eigenvalue weighted by atomic mass is 10.1. The van der Waals surface area contributed by atoms with Crippen molar-refractivity contribution in [3.8, 4) is 5.75 Å². The predicted octanol–water partition coefficient (Wildman–Crippen LogP) is 3.09. The summed E-state index contributed by atoms with van der Waals surface area (Å²) in [5, 5.41) is 3.38. The first-order chi connectivity index (χ1) is 8.88. The summed E-state index contributed by atoms with van der Waals surface area (Å²) in [5.41, 5.74) is 2.70. The highest BCUT2D eigenvalue weighted by Gasteiger charge is 2.06. The summed E-state index contributed by atoms with van der Waals surface area (Å²) < 4.78 is 11.2. The Morgan fingerprint density at radius 1 is 1.00 bits per heavy atom. The van der Waals surface area contributed by atoms with Gasteiger partial charge in [-0.1, -0.05) is 6.07 Å². The molecule has 0 aliphatic heterocycles. The van der Waals surface area contributed by atoms with Crippen LogP contribution in [0.3, 0.4) is 0 Å². The molecule has 1 aromatic rings. The van der Waals surface area contributed by atoms with Crippen molar-refractivity contribution in [2.24, 2.45) is 0 Å². The molecule has 0 saturated carbocycles. The fourth-order valence-electron chi connectivity index (χ4n) is 1.62. The summed E-state index contributed by atoms with van der Waals surface area (Å²) in [6, 6.07) is 6.15. The van der Waals surface area contributed by atoms with E-state index in [-0.39, 0.29) is 5.54 Å². The second-order valence-corrected chi connectivity index (χ2v) is 5.88. The highest BCUT2D eigenvalue weighted by Crippen LogP contribution is 2.16. The van der Waals surface area contributed by atoms with E-state index in [4.69, 9.17) is 9.47 Å². The van der Waals surface area contributed by atoms with Gasteiger partial charge < -0.3 is 14.8 Å². The molecule has 0 atom stereocenters. The van der Waals surface area contributed by atoms with Gasteiger partial charge in [0, 0.05) is 12.1 Å². The van der Waals surface area contributed by atoms with Crippen LogP contribution in [0.2, 0.25) is 0 Å². The van der Waals surface area contributed by atoms with Gasteiger partial charge in [-0.15, -0.1) is 0 Å². The van der Waals surface area contributed by atoms with Crippen LogP contribution in [0.25, 0.3) is 0 Å². The zero-order valence-electron chi connectivity index (χ0n) is 12.9. The number of ether oxygens (including phenoxy) is 2. The molecule has 3 heteroatoms. The van der Waals surface area contributed by atoms with Crippen molar-refractivity contribution in [3.63, 3.8) is 0 Å². The molecule has 0 spiro atoms. The third-order valence-electron chi connectivity index (χ3n) is 2.88. The zero-order valence-corrected chi connectivity index (χ0v) is 12.9. The molecule has 0 radical (unpaired) electrons. The SMILES string of the molecule is Cc1ccc(OCCOCCNC(C)(C)C)cc1C. The molecule has 1 aromatic carbocycles. The summed E-state index contributed by atoms with van der Waals surface area (Å²) >= 11 is 0. The molecule has 0 unspecified atom stereocenters. The maximum absolute atomic E-state index is 5.64. The summed E-state index contributed by atoms with van der Waals surface area (Å²) in [7, 11) is 0. The Labute approximate surface area is 117 Å². The van der Waals surface area contributed by atoms with E-state index in [0.717, 1.165) is 12.3 Å². The zero-order chi connectivity index (χ0) is 14.3. The first-order valence-corrected chi connectivity index (χ1v) is 6.91. The first kappa shape index (κ1) is 16.0. The van der Waals surface area contributed by atoms with Crippen LogP contribution in [-0.4, -0.2) is 31.9 Å². The van der Waals surface area contributed by atoms with Crippen molar-refractivity contribution in [3.05, 3.63) is 29.3 Å². The van der Waals surface area contributed by atoms with Gasteiger partial charge in [-0.2, -0.15) is 0 Å². The molecule has 3 nitrogen and oxygen atoms in total. The van der Waals surface area contributed by atoms with E-state index in [2.05, 4.69) is 52.1 Å². The van der Waals surface area contributed by atoms with Crippen molar-refractivity contribution >= 4 is 0 Å². The van der Waals surface area contributed by atoms with Crippen LogP contribution in [0.4, 0.5) is 0 Å². The van der Waals surface area contributed by atoms with Crippen LogP contribution < -0.4 is 10.1 Å². The molecule has 0 aliphatic carbocycles. The molecule has 19 heavy (non-hydrogen) atoms. The maximum Gasteiger partial charge on any atom is 0.119 e. The van der Waals surface area contributed by atoms with Gasteiger partial charge in [0.2, 0.25) is 0 Å². The van der Waals surface area contributed by atoms with Gasteiger partial charge >= 0.3 is 0 Å². The highest BCUT2D eigenvalue weighted by molar-refractivity contribution is 5.33. The number of hydrogen-bond acceptors (Lipinski definition) is 3. The number of rotatable bonds is 7. The highest BCUT2D eigenvalue weighted by atomic mass is 16.5. The fourth-order valence-corrected chi connectivity index (χ4v) is 1.62. The Bertz CT molecular complexity index is 383. The molecule has 0 aromatic heterocycles. The van der Waals surface area contributed by atoms with Crippen molar-refractivity contribution in [2.75, 3.05) is 26.4 Å². The van der Waals surface area contributed by atoms with Gasteiger partial charge in [-0.05, 0) is 57.9 Å². The lowest BCUT2D eigenvalue weighted by molar-refractivity contribution is 0.0985. The standard InChI is InChI=1S/C16H27NO2/c1-13-6-7-15(12-14(13)2)19-11-10-18-9-8-17-16(3,4)5/h6-7,12,17H,8-11H2,1-5H3. The minimum atomic E-state index is 0.152. The Morgan fingerprint density at radius 3 is 2.37 bits per heavy atom. The van der Waals surface area contributed by atoms with E-state index >= 15 is 0 Å². The Hall–Kier alpha value is -1.06. The van der Waals surface area contributed by atoms with Crippen LogP contribution in [0.1, 0.15) is 31.9 Å². The average molecular weight is 265 g/mol. The summed E-state index contributed by atoms with van der Waals surface area (Å²) in [6.07, 6.45) is 0. The van der Waals surface area contributed by atoms with E-state index in [0.29, 0.717) is 19.8 Å². The van der Waals surface area contributed by atoms with Crippen molar-refractivity contribution in [2.45, 2.75) is 40.2 Å². The van der Waals surface area contributed by atoms with Gasteiger partial charge in [0.25, 0.3) is 0 Å². The Balaban J connectivity index is 2.09. The second kappa shape index (κ2) is 7.51. The smallest absolute Gasteiger partial charge is 0.119 e. The van der Waals surface area contributed by atoms with Crippen LogP contribution in [0.5, 0.6) is 5.75 Å². The van der Waals surface area contributed by atoms with Gasteiger partial charge in [0.05, 0.1) is 13.2 Å². The molecular weight excluding hydrogens is 238 g/mol. The molecule has 0 bridgehead atoms. The minimum Gasteiger partial charge on any atom is -0.491 e. The van der Waals surface area contributed by atoms with E-state index in [9.17, 15) is 0 Å². The van der Waals surface area contributed by atoms with E-state index < -0.39 is 0 Å². The molecule has 1 N–H and O–H groups in total.